The molecule has 1 aliphatic carbocycles. The second kappa shape index (κ2) is 7.21. The summed E-state index contributed by atoms with van der Waals surface area (Å²) in [6.45, 7) is 4.34. The standard InChI is InChI=1S/C18H21FO6/c1-4-23-14(20)17(15(21)24-5-2)13(12-10-8-7-9-11-12)18(17,19)16(22)25-6-3/h7-11,13H,4-6H2,1-3H3/t13-,18-/m1/s1. The lowest BCUT2D eigenvalue weighted by atomic mass is 9.98. The van der Waals surface area contributed by atoms with Gasteiger partial charge in [-0.1, -0.05) is 30.3 Å². The summed E-state index contributed by atoms with van der Waals surface area (Å²) in [7, 11) is 0. The van der Waals surface area contributed by atoms with Crippen molar-refractivity contribution in [3.8, 4) is 0 Å². The van der Waals surface area contributed by atoms with Crippen LogP contribution in [0.2, 0.25) is 0 Å². The summed E-state index contributed by atoms with van der Waals surface area (Å²) >= 11 is 0. The summed E-state index contributed by atoms with van der Waals surface area (Å²) in [5, 5.41) is 0. The van der Waals surface area contributed by atoms with Gasteiger partial charge in [-0.05, 0) is 26.3 Å². The first kappa shape index (κ1) is 18.9. The molecule has 25 heavy (non-hydrogen) atoms. The molecule has 0 N–H and O–H groups in total. The number of rotatable bonds is 7. The molecular weight excluding hydrogens is 331 g/mol. The molecule has 0 saturated heterocycles. The van der Waals surface area contributed by atoms with Crippen molar-refractivity contribution in [2.24, 2.45) is 5.41 Å². The molecule has 6 nitrogen and oxygen atoms in total. The Hall–Kier alpha value is -2.44. The first-order valence-electron chi connectivity index (χ1n) is 8.18. The number of ether oxygens (including phenoxy) is 3. The minimum absolute atomic E-state index is 0.0690. The van der Waals surface area contributed by atoms with Gasteiger partial charge in [-0.3, -0.25) is 9.59 Å². The molecule has 0 aromatic heterocycles. The molecule has 136 valence electrons. The molecule has 0 radical (unpaired) electrons. The van der Waals surface area contributed by atoms with Crippen molar-refractivity contribution in [1.29, 1.82) is 0 Å². The molecule has 0 bridgehead atoms. The fourth-order valence-corrected chi connectivity index (χ4v) is 3.19. The lowest BCUT2D eigenvalue weighted by molar-refractivity contribution is -0.172. The number of carbonyl (C=O) groups excluding carboxylic acids is 3. The first-order valence-corrected chi connectivity index (χ1v) is 8.18. The molecule has 7 heteroatoms. The third-order valence-corrected chi connectivity index (χ3v) is 4.22. The predicted octanol–water partition coefficient (Wildman–Crippen LogP) is 2.17. The van der Waals surface area contributed by atoms with Crippen LogP contribution in [-0.2, 0) is 28.6 Å². The average Bonchev–Trinajstić information content (AvgIpc) is 3.19. The fraction of sp³-hybridized carbons (Fsp3) is 0.500. The van der Waals surface area contributed by atoms with Crippen molar-refractivity contribution in [2.45, 2.75) is 32.4 Å². The van der Waals surface area contributed by atoms with E-state index in [1.54, 1.807) is 30.3 Å². The molecule has 0 amide bonds. The van der Waals surface area contributed by atoms with Crippen molar-refractivity contribution in [3.63, 3.8) is 0 Å². The van der Waals surface area contributed by atoms with Gasteiger partial charge in [-0.15, -0.1) is 0 Å². The monoisotopic (exact) mass is 352 g/mol. The Morgan fingerprint density at radius 1 is 0.880 bits per heavy atom. The van der Waals surface area contributed by atoms with Crippen LogP contribution in [0.3, 0.4) is 0 Å². The zero-order valence-corrected chi connectivity index (χ0v) is 14.4. The number of esters is 3. The maximum absolute atomic E-state index is 15.8. The van der Waals surface area contributed by atoms with Crippen LogP contribution in [0, 0.1) is 5.41 Å². The first-order chi connectivity index (χ1) is 11.9. The summed E-state index contributed by atoms with van der Waals surface area (Å²) in [6.07, 6.45) is 0. The second-order valence-electron chi connectivity index (χ2n) is 5.52. The smallest absolute Gasteiger partial charge is 0.346 e. The van der Waals surface area contributed by atoms with E-state index in [0.717, 1.165) is 0 Å². The van der Waals surface area contributed by atoms with Gasteiger partial charge in [0.15, 0.2) is 0 Å². The van der Waals surface area contributed by atoms with Crippen molar-refractivity contribution in [2.75, 3.05) is 19.8 Å². The van der Waals surface area contributed by atoms with Gasteiger partial charge in [0, 0.05) is 0 Å². The fourth-order valence-electron chi connectivity index (χ4n) is 3.19. The molecule has 2 rings (SSSR count). The molecule has 0 aliphatic heterocycles. The topological polar surface area (TPSA) is 78.9 Å². The Bertz CT molecular complexity index is 641. The third kappa shape index (κ3) is 2.67. The lowest BCUT2D eigenvalue weighted by Crippen LogP contribution is -2.40. The van der Waals surface area contributed by atoms with E-state index in [1.165, 1.54) is 20.8 Å². The van der Waals surface area contributed by atoms with Gasteiger partial charge in [-0.25, -0.2) is 9.18 Å². The molecular formula is C18H21FO6. The molecule has 1 aliphatic rings. The third-order valence-electron chi connectivity index (χ3n) is 4.22. The molecule has 1 aromatic carbocycles. The van der Waals surface area contributed by atoms with Gasteiger partial charge in [0.1, 0.15) is 0 Å². The summed E-state index contributed by atoms with van der Waals surface area (Å²) < 4.78 is 30.5. The Morgan fingerprint density at radius 3 is 1.76 bits per heavy atom. The van der Waals surface area contributed by atoms with E-state index in [1.807, 2.05) is 0 Å². The molecule has 0 spiro atoms. The minimum atomic E-state index is -2.87. The molecule has 1 fully saturated rings. The van der Waals surface area contributed by atoms with E-state index >= 15 is 4.39 Å². The Labute approximate surface area is 145 Å². The zero-order chi connectivity index (χ0) is 18.7. The number of benzene rings is 1. The predicted molar refractivity (Wildman–Crippen MR) is 85.4 cm³/mol. The summed E-state index contributed by atoms with van der Waals surface area (Å²) in [5.74, 6) is -4.89. The van der Waals surface area contributed by atoms with Gasteiger partial charge >= 0.3 is 17.9 Å². The molecule has 1 saturated carbocycles. The van der Waals surface area contributed by atoms with Gasteiger partial charge in [-0.2, -0.15) is 0 Å². The number of hydrogen-bond acceptors (Lipinski definition) is 6. The van der Waals surface area contributed by atoms with E-state index in [4.69, 9.17) is 14.2 Å². The highest BCUT2D eigenvalue weighted by Crippen LogP contribution is 2.72. The van der Waals surface area contributed by atoms with E-state index in [-0.39, 0.29) is 19.8 Å². The van der Waals surface area contributed by atoms with Crippen LogP contribution in [0.15, 0.2) is 30.3 Å². The Kier molecular flexibility index (Phi) is 5.45. The molecule has 1 aromatic rings. The summed E-state index contributed by atoms with van der Waals surface area (Å²) in [6, 6.07) is 8.03. The largest absolute Gasteiger partial charge is 0.465 e. The van der Waals surface area contributed by atoms with E-state index < -0.39 is 34.9 Å². The van der Waals surface area contributed by atoms with Gasteiger partial charge in [0.2, 0.25) is 11.1 Å². The van der Waals surface area contributed by atoms with Crippen molar-refractivity contribution in [3.05, 3.63) is 35.9 Å². The molecule has 2 atom stereocenters. The number of halogens is 1. The lowest BCUT2D eigenvalue weighted by Gasteiger charge is -2.16. The number of hydrogen-bond donors (Lipinski definition) is 0. The molecule has 0 unspecified atom stereocenters. The van der Waals surface area contributed by atoms with Crippen LogP contribution < -0.4 is 0 Å². The van der Waals surface area contributed by atoms with Crippen LogP contribution in [0.1, 0.15) is 32.3 Å². The highest BCUT2D eigenvalue weighted by molar-refractivity contribution is 6.15. The maximum atomic E-state index is 15.8. The SMILES string of the molecule is CCOC(=O)C1(C(=O)OCC)[C@@H](c2ccccc2)[C@@]1(F)C(=O)OCC. The van der Waals surface area contributed by atoms with Gasteiger partial charge < -0.3 is 14.2 Å². The number of alkyl halides is 1. The van der Waals surface area contributed by atoms with E-state index in [2.05, 4.69) is 0 Å². The zero-order valence-electron chi connectivity index (χ0n) is 14.4. The van der Waals surface area contributed by atoms with Crippen LogP contribution in [0.5, 0.6) is 0 Å². The van der Waals surface area contributed by atoms with Gasteiger partial charge in [0.05, 0.1) is 25.7 Å². The quantitative estimate of drug-likeness (QED) is 0.425. The molecule has 0 heterocycles. The van der Waals surface area contributed by atoms with Crippen molar-refractivity contribution < 1.29 is 33.0 Å². The highest BCUT2D eigenvalue weighted by atomic mass is 19.1. The van der Waals surface area contributed by atoms with Crippen molar-refractivity contribution in [1.82, 2.24) is 0 Å². The van der Waals surface area contributed by atoms with E-state index in [0.29, 0.717) is 5.56 Å². The summed E-state index contributed by atoms with van der Waals surface area (Å²) in [5.41, 5.74) is -4.95. The van der Waals surface area contributed by atoms with Crippen LogP contribution in [0.25, 0.3) is 0 Å². The average molecular weight is 352 g/mol. The number of carbonyl (C=O) groups is 3. The Balaban J connectivity index is 2.61. The van der Waals surface area contributed by atoms with E-state index in [9.17, 15) is 14.4 Å². The van der Waals surface area contributed by atoms with Gasteiger partial charge in [0.25, 0.3) is 0 Å². The second-order valence-corrected chi connectivity index (χ2v) is 5.52. The maximum Gasteiger partial charge on any atom is 0.346 e. The Morgan fingerprint density at radius 2 is 1.32 bits per heavy atom. The summed E-state index contributed by atoms with van der Waals surface area (Å²) in [4.78, 5) is 37.5. The van der Waals surface area contributed by atoms with Crippen LogP contribution in [0.4, 0.5) is 4.39 Å². The van der Waals surface area contributed by atoms with Crippen molar-refractivity contribution >= 4 is 17.9 Å². The normalized spacial score (nSPS) is 23.4. The minimum Gasteiger partial charge on any atom is -0.465 e. The van der Waals surface area contributed by atoms with Crippen LogP contribution >= 0.6 is 0 Å². The highest BCUT2D eigenvalue weighted by Gasteiger charge is 2.93. The van der Waals surface area contributed by atoms with Crippen LogP contribution in [-0.4, -0.2) is 43.4 Å².